The Morgan fingerprint density at radius 3 is 1.70 bits per heavy atom. The van der Waals surface area contributed by atoms with E-state index < -0.39 is 17.9 Å². The van der Waals surface area contributed by atoms with Crippen molar-refractivity contribution in [3.05, 3.63) is 107 Å². The van der Waals surface area contributed by atoms with Crippen molar-refractivity contribution in [1.29, 1.82) is 0 Å². The molecule has 2 aromatic rings. The van der Waals surface area contributed by atoms with E-state index in [4.69, 9.17) is 14.2 Å². The highest BCUT2D eigenvalue weighted by atomic mass is 16.5. The molecule has 0 amide bonds. The molecule has 0 atom stereocenters. The van der Waals surface area contributed by atoms with Crippen molar-refractivity contribution < 1.29 is 23.8 Å². The normalized spacial score (nSPS) is 16.0. The van der Waals surface area contributed by atoms with E-state index in [1.807, 2.05) is 67.3 Å². The average Bonchev–Trinajstić information content (AvgIpc) is 3.44. The van der Waals surface area contributed by atoms with Crippen molar-refractivity contribution in [3.63, 3.8) is 0 Å². The van der Waals surface area contributed by atoms with Crippen LogP contribution in [0.5, 0.6) is 5.75 Å². The number of nitrogens with zero attached hydrogens (tertiary/aromatic N) is 1. The lowest BCUT2D eigenvalue weighted by Crippen LogP contribution is -2.35. The van der Waals surface area contributed by atoms with E-state index in [0.717, 1.165) is 11.3 Å². The summed E-state index contributed by atoms with van der Waals surface area (Å²) in [4.78, 5) is 28.8. The fourth-order valence-corrected chi connectivity index (χ4v) is 5.02. The van der Waals surface area contributed by atoms with Gasteiger partial charge in [0.15, 0.2) is 0 Å². The van der Waals surface area contributed by atoms with Gasteiger partial charge in [-0.05, 0) is 63.1 Å². The number of hydrogen-bond donors (Lipinski definition) is 0. The number of ether oxygens (including phenoxy) is 3. The molecule has 0 N–H and O–H groups in total. The molecule has 0 saturated heterocycles. The lowest BCUT2D eigenvalue weighted by molar-refractivity contribution is -0.139. The first kappa shape index (κ1) is 26.0. The lowest BCUT2D eigenvalue weighted by atomic mass is 9.79. The standard InChI is InChI=1S/C31H33NO5/c1-6-36-30(33)27-20(3)32(25-16-12-23(13-17-25)22-10-8-9-11-22)21(4)28(31(34)37-7-2)29(27)24-14-18-26(35-5)19-15-24/h8-19,22,29H,6-7H2,1-5H3. The molecule has 1 heterocycles. The van der Waals surface area contributed by atoms with Crippen molar-refractivity contribution >= 4 is 17.6 Å². The van der Waals surface area contributed by atoms with E-state index in [1.54, 1.807) is 21.0 Å². The van der Waals surface area contributed by atoms with Crippen LogP contribution in [0.15, 0.2) is 95.4 Å². The molecular weight excluding hydrogens is 466 g/mol. The molecule has 4 rings (SSSR count). The van der Waals surface area contributed by atoms with Crippen LogP contribution in [-0.2, 0) is 19.1 Å². The minimum atomic E-state index is -0.645. The van der Waals surface area contributed by atoms with E-state index in [-0.39, 0.29) is 19.1 Å². The van der Waals surface area contributed by atoms with E-state index in [0.29, 0.717) is 28.3 Å². The Balaban J connectivity index is 1.89. The van der Waals surface area contributed by atoms with Crippen LogP contribution in [-0.4, -0.2) is 32.3 Å². The Morgan fingerprint density at radius 1 is 0.757 bits per heavy atom. The van der Waals surface area contributed by atoms with Crippen LogP contribution in [0.4, 0.5) is 5.69 Å². The summed E-state index contributed by atoms with van der Waals surface area (Å²) in [5.74, 6) is -0.637. The van der Waals surface area contributed by atoms with Gasteiger partial charge in [0.2, 0.25) is 0 Å². The molecule has 192 valence electrons. The Morgan fingerprint density at radius 2 is 1.24 bits per heavy atom. The van der Waals surface area contributed by atoms with Crippen LogP contribution in [0.1, 0.15) is 50.7 Å². The maximum Gasteiger partial charge on any atom is 0.336 e. The summed E-state index contributed by atoms with van der Waals surface area (Å²) in [6.45, 7) is 7.78. The number of hydrogen-bond acceptors (Lipinski definition) is 6. The number of carbonyl (C=O) groups excluding carboxylic acids is 2. The molecule has 0 fully saturated rings. The smallest absolute Gasteiger partial charge is 0.336 e. The summed E-state index contributed by atoms with van der Waals surface area (Å²) in [5, 5.41) is 0. The van der Waals surface area contributed by atoms with Crippen LogP contribution in [0.3, 0.4) is 0 Å². The monoisotopic (exact) mass is 499 g/mol. The first-order chi connectivity index (χ1) is 17.9. The molecule has 1 aliphatic carbocycles. The van der Waals surface area contributed by atoms with Gasteiger partial charge in [-0.25, -0.2) is 9.59 Å². The minimum absolute atomic E-state index is 0.222. The predicted molar refractivity (Wildman–Crippen MR) is 144 cm³/mol. The quantitative estimate of drug-likeness (QED) is 0.404. The van der Waals surface area contributed by atoms with Gasteiger partial charge >= 0.3 is 11.9 Å². The van der Waals surface area contributed by atoms with Crippen molar-refractivity contribution in [1.82, 2.24) is 0 Å². The molecule has 37 heavy (non-hydrogen) atoms. The molecule has 0 bridgehead atoms. The number of rotatable bonds is 8. The van der Waals surface area contributed by atoms with E-state index in [1.165, 1.54) is 5.56 Å². The third kappa shape index (κ3) is 5.10. The number of allylic oxidation sites excluding steroid dienone is 6. The Labute approximate surface area is 218 Å². The van der Waals surface area contributed by atoms with Gasteiger partial charge in [0.05, 0.1) is 37.4 Å². The second kappa shape index (κ2) is 11.3. The van der Waals surface area contributed by atoms with Gasteiger partial charge in [0.25, 0.3) is 0 Å². The molecule has 0 aromatic heterocycles. The molecule has 6 nitrogen and oxygen atoms in total. The summed E-state index contributed by atoms with van der Waals surface area (Å²) in [6.07, 6.45) is 8.37. The van der Waals surface area contributed by atoms with E-state index in [2.05, 4.69) is 24.3 Å². The third-order valence-electron chi connectivity index (χ3n) is 6.75. The Bertz CT molecular complexity index is 1230. The van der Waals surface area contributed by atoms with Gasteiger partial charge in [0.1, 0.15) is 5.75 Å². The molecule has 0 spiro atoms. The maximum absolute atomic E-state index is 13.4. The topological polar surface area (TPSA) is 65.1 Å². The van der Waals surface area contributed by atoms with Gasteiger partial charge in [-0.3, -0.25) is 0 Å². The van der Waals surface area contributed by atoms with E-state index >= 15 is 0 Å². The molecular formula is C31H33NO5. The zero-order chi connectivity index (χ0) is 26.5. The van der Waals surface area contributed by atoms with Crippen molar-refractivity contribution in [2.75, 3.05) is 25.2 Å². The SMILES string of the molecule is CCOC(=O)C1=C(C)N(c2ccc(C3C=CC=C3)cc2)C(C)=C(C(=O)OCC)C1c1ccc(OC)cc1. The van der Waals surface area contributed by atoms with Crippen LogP contribution in [0.2, 0.25) is 0 Å². The third-order valence-corrected chi connectivity index (χ3v) is 6.75. The summed E-state index contributed by atoms with van der Waals surface area (Å²) < 4.78 is 16.3. The number of benzene rings is 2. The summed E-state index contributed by atoms with van der Waals surface area (Å²) in [5.41, 5.74) is 5.03. The Kier molecular flexibility index (Phi) is 7.97. The minimum Gasteiger partial charge on any atom is -0.497 e. The molecule has 6 heteroatoms. The highest BCUT2D eigenvalue weighted by Crippen LogP contribution is 2.45. The Hall–Kier alpha value is -4.06. The molecule has 2 aliphatic rings. The van der Waals surface area contributed by atoms with E-state index in [9.17, 15) is 9.59 Å². The highest BCUT2D eigenvalue weighted by Gasteiger charge is 2.41. The average molecular weight is 500 g/mol. The van der Waals surface area contributed by atoms with Crippen LogP contribution < -0.4 is 9.64 Å². The molecule has 1 aliphatic heterocycles. The number of anilines is 1. The largest absolute Gasteiger partial charge is 0.497 e. The van der Waals surface area contributed by atoms with Crippen molar-refractivity contribution in [2.24, 2.45) is 0 Å². The maximum atomic E-state index is 13.4. The van der Waals surface area contributed by atoms with Gasteiger partial charge in [0, 0.05) is 23.0 Å². The molecule has 0 unspecified atom stereocenters. The van der Waals surface area contributed by atoms with Crippen molar-refractivity contribution in [3.8, 4) is 5.75 Å². The van der Waals surface area contributed by atoms with Gasteiger partial charge in [-0.1, -0.05) is 48.6 Å². The first-order valence-corrected chi connectivity index (χ1v) is 12.6. The lowest BCUT2D eigenvalue weighted by Gasteiger charge is -2.38. The first-order valence-electron chi connectivity index (χ1n) is 12.6. The zero-order valence-corrected chi connectivity index (χ0v) is 22.0. The van der Waals surface area contributed by atoms with Gasteiger partial charge < -0.3 is 19.1 Å². The number of carbonyl (C=O) groups is 2. The molecule has 2 aromatic carbocycles. The summed E-state index contributed by atoms with van der Waals surface area (Å²) >= 11 is 0. The van der Waals surface area contributed by atoms with Gasteiger partial charge in [-0.15, -0.1) is 0 Å². The van der Waals surface area contributed by atoms with Crippen LogP contribution in [0, 0.1) is 0 Å². The predicted octanol–water partition coefficient (Wildman–Crippen LogP) is 6.18. The second-order valence-corrected chi connectivity index (χ2v) is 8.87. The number of methoxy groups -OCH3 is 1. The van der Waals surface area contributed by atoms with Crippen LogP contribution >= 0.6 is 0 Å². The summed E-state index contributed by atoms with van der Waals surface area (Å²) in [7, 11) is 1.60. The fraction of sp³-hybridized carbons (Fsp3) is 0.290. The molecule has 0 radical (unpaired) electrons. The number of esters is 2. The fourth-order valence-electron chi connectivity index (χ4n) is 5.02. The van der Waals surface area contributed by atoms with Crippen molar-refractivity contribution in [2.45, 2.75) is 39.5 Å². The zero-order valence-electron chi connectivity index (χ0n) is 22.0. The van der Waals surface area contributed by atoms with Gasteiger partial charge in [-0.2, -0.15) is 0 Å². The highest BCUT2D eigenvalue weighted by molar-refractivity contribution is 6.01. The molecule has 0 saturated carbocycles. The van der Waals surface area contributed by atoms with Crippen LogP contribution in [0.25, 0.3) is 0 Å². The second-order valence-electron chi connectivity index (χ2n) is 8.87. The summed E-state index contributed by atoms with van der Waals surface area (Å²) in [6, 6.07) is 15.6.